The lowest BCUT2D eigenvalue weighted by Crippen LogP contribution is -2.51. The van der Waals surface area contributed by atoms with E-state index in [1.165, 1.54) is 7.11 Å². The minimum atomic E-state index is -0.462. The molecule has 1 heterocycles. The van der Waals surface area contributed by atoms with E-state index >= 15 is 0 Å². The molecule has 1 aromatic carbocycles. The number of aromatic nitrogens is 2. The van der Waals surface area contributed by atoms with Gasteiger partial charge in [0, 0.05) is 11.5 Å². The molecule has 0 atom stereocenters. The summed E-state index contributed by atoms with van der Waals surface area (Å²) in [6.07, 6.45) is 4.82. The summed E-state index contributed by atoms with van der Waals surface area (Å²) >= 11 is 0. The van der Waals surface area contributed by atoms with E-state index in [4.69, 9.17) is 19.9 Å². The summed E-state index contributed by atoms with van der Waals surface area (Å²) in [4.78, 5) is 25.5. The molecule has 0 radical (unpaired) electrons. The molecule has 0 saturated heterocycles. The van der Waals surface area contributed by atoms with Crippen molar-refractivity contribution < 1.29 is 23.8 Å². The number of aromatic amines is 1. The summed E-state index contributed by atoms with van der Waals surface area (Å²) in [7, 11) is 3.03. The third-order valence-corrected chi connectivity index (χ3v) is 7.25. The van der Waals surface area contributed by atoms with Crippen molar-refractivity contribution >= 4 is 17.7 Å². The predicted molar refractivity (Wildman–Crippen MR) is 123 cm³/mol. The average Bonchev–Trinajstić information content (AvgIpc) is 3.32. The summed E-state index contributed by atoms with van der Waals surface area (Å²) in [6, 6.07) is 7.36. The van der Waals surface area contributed by atoms with Crippen LogP contribution in [-0.4, -0.2) is 49.4 Å². The molecule has 0 spiro atoms. The number of hydrogen-bond donors (Lipinski definition) is 3. The molecule has 9 nitrogen and oxygen atoms in total. The van der Waals surface area contributed by atoms with E-state index in [2.05, 4.69) is 15.5 Å². The van der Waals surface area contributed by atoms with Crippen molar-refractivity contribution in [3.63, 3.8) is 0 Å². The number of anilines is 1. The molecular formula is C24H32N4O5. The Morgan fingerprint density at radius 2 is 1.76 bits per heavy atom. The Labute approximate surface area is 193 Å². The predicted octanol–water partition coefficient (Wildman–Crippen LogP) is 3.27. The van der Waals surface area contributed by atoms with Crippen LogP contribution in [0.5, 0.6) is 11.5 Å². The smallest absolute Gasteiger partial charge is 0.311 e. The van der Waals surface area contributed by atoms with Gasteiger partial charge in [-0.05, 0) is 63.6 Å². The number of carbonyl (C=O) groups is 2. The Balaban J connectivity index is 1.49. The number of ether oxygens (including phenoxy) is 3. The van der Waals surface area contributed by atoms with Crippen LogP contribution in [0.1, 0.15) is 44.9 Å². The van der Waals surface area contributed by atoms with Gasteiger partial charge in [-0.3, -0.25) is 14.7 Å². The Morgan fingerprint density at radius 1 is 1.09 bits per heavy atom. The number of hydrogen-bond acceptors (Lipinski definition) is 7. The standard InChI is InChI=1S/C24H32N4O5/c1-31-17-5-3-6-18(33-14-4-13-25)20(17)16-15-19(28-27-16)26-21(29)23-7-10-24(11-8-23,12-9-23)22(30)32-2/h3,5-6,15H,4,7-14,25H2,1-2H3,(H2,26,27,28,29). The minimum absolute atomic E-state index is 0.0434. The van der Waals surface area contributed by atoms with Gasteiger partial charge < -0.3 is 25.3 Å². The number of esters is 1. The number of methoxy groups -OCH3 is 2. The van der Waals surface area contributed by atoms with Crippen LogP contribution < -0.4 is 20.5 Å². The van der Waals surface area contributed by atoms with Gasteiger partial charge in [-0.2, -0.15) is 5.10 Å². The number of nitrogens with two attached hydrogens (primary N) is 1. The van der Waals surface area contributed by atoms with E-state index < -0.39 is 10.8 Å². The molecular weight excluding hydrogens is 424 g/mol. The van der Waals surface area contributed by atoms with E-state index in [0.29, 0.717) is 74.7 Å². The van der Waals surface area contributed by atoms with Crippen LogP contribution in [0, 0.1) is 10.8 Å². The van der Waals surface area contributed by atoms with Gasteiger partial charge in [0.25, 0.3) is 0 Å². The summed E-state index contributed by atoms with van der Waals surface area (Å²) in [5, 5.41) is 10.3. The van der Waals surface area contributed by atoms with E-state index in [0.717, 1.165) is 12.0 Å². The van der Waals surface area contributed by atoms with Crippen LogP contribution >= 0.6 is 0 Å². The highest BCUT2D eigenvalue weighted by molar-refractivity contribution is 5.96. The van der Waals surface area contributed by atoms with E-state index in [9.17, 15) is 9.59 Å². The largest absolute Gasteiger partial charge is 0.496 e. The molecule has 9 heteroatoms. The second kappa shape index (κ2) is 9.43. The number of rotatable bonds is 9. The first-order valence-corrected chi connectivity index (χ1v) is 11.4. The number of amides is 1. The summed E-state index contributed by atoms with van der Waals surface area (Å²) in [5.74, 6) is 1.55. The second-order valence-corrected chi connectivity index (χ2v) is 9.00. The molecule has 4 N–H and O–H groups in total. The molecule has 0 unspecified atom stereocenters. The highest BCUT2D eigenvalue weighted by Gasteiger charge is 2.56. The maximum atomic E-state index is 13.3. The maximum absolute atomic E-state index is 13.3. The van der Waals surface area contributed by atoms with Crippen LogP contribution in [-0.2, 0) is 14.3 Å². The lowest BCUT2D eigenvalue weighted by atomic mass is 9.53. The maximum Gasteiger partial charge on any atom is 0.311 e. The first kappa shape index (κ1) is 23.1. The molecule has 3 aliphatic rings. The van der Waals surface area contributed by atoms with Gasteiger partial charge in [-0.15, -0.1) is 0 Å². The molecule has 3 fully saturated rings. The van der Waals surface area contributed by atoms with E-state index in [-0.39, 0.29) is 11.9 Å². The molecule has 3 saturated carbocycles. The topological polar surface area (TPSA) is 129 Å². The van der Waals surface area contributed by atoms with Crippen molar-refractivity contribution in [1.82, 2.24) is 10.2 Å². The van der Waals surface area contributed by atoms with Crippen molar-refractivity contribution in [2.75, 3.05) is 32.7 Å². The third-order valence-electron chi connectivity index (χ3n) is 7.25. The van der Waals surface area contributed by atoms with Crippen LogP contribution in [0.15, 0.2) is 24.3 Å². The number of carbonyl (C=O) groups excluding carboxylic acids is 2. The van der Waals surface area contributed by atoms with Gasteiger partial charge in [0.2, 0.25) is 5.91 Å². The van der Waals surface area contributed by atoms with Gasteiger partial charge in [0.1, 0.15) is 11.5 Å². The second-order valence-electron chi connectivity index (χ2n) is 9.00. The number of benzene rings is 1. The first-order valence-electron chi connectivity index (χ1n) is 11.4. The van der Waals surface area contributed by atoms with Crippen molar-refractivity contribution in [1.29, 1.82) is 0 Å². The van der Waals surface area contributed by atoms with Gasteiger partial charge in [-0.25, -0.2) is 0 Å². The van der Waals surface area contributed by atoms with Gasteiger partial charge in [0.05, 0.1) is 37.5 Å². The first-order chi connectivity index (χ1) is 16.0. The Kier molecular flexibility index (Phi) is 6.60. The van der Waals surface area contributed by atoms with Crippen molar-refractivity contribution in [3.8, 4) is 22.8 Å². The molecule has 2 aromatic rings. The van der Waals surface area contributed by atoms with Crippen LogP contribution in [0.3, 0.4) is 0 Å². The summed E-state index contributed by atoms with van der Waals surface area (Å²) in [6.45, 7) is 1.03. The summed E-state index contributed by atoms with van der Waals surface area (Å²) < 4.78 is 16.5. The molecule has 1 amide bonds. The minimum Gasteiger partial charge on any atom is -0.496 e. The van der Waals surface area contributed by atoms with E-state index in [1.807, 2.05) is 18.2 Å². The van der Waals surface area contributed by atoms with Crippen LogP contribution in [0.2, 0.25) is 0 Å². The third kappa shape index (κ3) is 4.29. The molecule has 3 aliphatic carbocycles. The zero-order valence-corrected chi connectivity index (χ0v) is 19.2. The van der Waals surface area contributed by atoms with Crippen molar-refractivity contribution in [2.24, 2.45) is 16.6 Å². The van der Waals surface area contributed by atoms with Crippen LogP contribution in [0.25, 0.3) is 11.3 Å². The number of nitrogens with zero attached hydrogens (tertiary/aromatic N) is 1. The van der Waals surface area contributed by atoms with Gasteiger partial charge in [0.15, 0.2) is 5.82 Å². The zero-order valence-electron chi connectivity index (χ0n) is 19.2. The molecule has 2 bridgehead atoms. The molecule has 0 aliphatic heterocycles. The lowest BCUT2D eigenvalue weighted by Gasteiger charge is -2.50. The normalized spacial score (nSPS) is 23.7. The molecule has 178 valence electrons. The van der Waals surface area contributed by atoms with Crippen molar-refractivity contribution in [2.45, 2.75) is 44.9 Å². The van der Waals surface area contributed by atoms with Crippen molar-refractivity contribution in [3.05, 3.63) is 24.3 Å². The van der Waals surface area contributed by atoms with Gasteiger partial charge in [-0.1, -0.05) is 6.07 Å². The number of fused-ring (bicyclic) bond motifs is 3. The zero-order chi connectivity index (χ0) is 23.5. The Bertz CT molecular complexity index is 994. The average molecular weight is 457 g/mol. The van der Waals surface area contributed by atoms with Gasteiger partial charge >= 0.3 is 5.97 Å². The fourth-order valence-electron chi connectivity index (χ4n) is 5.14. The lowest BCUT2D eigenvalue weighted by molar-refractivity contribution is -0.165. The number of nitrogens with one attached hydrogen (secondary N) is 2. The number of H-pyrrole nitrogens is 1. The monoisotopic (exact) mass is 456 g/mol. The molecule has 33 heavy (non-hydrogen) atoms. The SMILES string of the molecule is COC(=O)C12CCC(C(=O)Nc3cc(-c4c(OC)cccc4OCCCN)[nH]n3)(CC1)CC2. The molecule has 5 rings (SSSR count). The molecule has 1 aromatic heterocycles. The van der Waals surface area contributed by atoms with E-state index in [1.54, 1.807) is 13.2 Å². The van der Waals surface area contributed by atoms with Crippen LogP contribution in [0.4, 0.5) is 5.82 Å². The Morgan fingerprint density at radius 3 is 2.39 bits per heavy atom. The highest BCUT2D eigenvalue weighted by Crippen LogP contribution is 2.57. The fraction of sp³-hybridized carbons (Fsp3) is 0.542. The fourth-order valence-corrected chi connectivity index (χ4v) is 5.14. The highest BCUT2D eigenvalue weighted by atomic mass is 16.5. The summed E-state index contributed by atoms with van der Waals surface area (Å²) in [5.41, 5.74) is 6.12. The Hall–Kier alpha value is -3.07. The quantitative estimate of drug-likeness (QED) is 0.390.